The lowest BCUT2D eigenvalue weighted by Crippen LogP contribution is -2.27. The molecule has 7 unspecified atom stereocenters. The van der Waals surface area contributed by atoms with Gasteiger partial charge in [0.1, 0.15) is 0 Å². The highest BCUT2D eigenvalue weighted by Crippen LogP contribution is 2.29. The standard InChI is InChI=1S/C11H14.C8H16.C8H10.C7H14O.C7H14.C6H12O2.C6H12O/c1-8-3-4-10-6-9(2)7-11(10)5-8;2*1-7-3-5-8(2)6-4-7;1-6-3-4-7(2)8-5-6;1-6-3-4-7(2)5-6;1-5-3-7-6(2)8-4-5;1-5-3-4-6(2)7-5/h3-5,9H,6-7H2,1-2H3;7-8H,3-6H2,1-2H3;3-6H,1-2H3;6-7H,3-5H2,1-2H3;6-7H,3-5H2,1-2H3;5-6H,3-4H2,1-2H3;5-6H,3-4H2,1-2H3. The molecule has 8 rings (SSSR count). The summed E-state index contributed by atoms with van der Waals surface area (Å²) in [5, 5.41) is 0. The van der Waals surface area contributed by atoms with Crippen molar-refractivity contribution in [1.82, 2.24) is 0 Å². The molecule has 4 nitrogen and oxygen atoms in total. The van der Waals surface area contributed by atoms with Crippen LogP contribution in [0.1, 0.15) is 175 Å². The van der Waals surface area contributed by atoms with Crippen LogP contribution in [0.5, 0.6) is 0 Å². The Morgan fingerprint density at radius 2 is 0.772 bits per heavy atom. The number of hydrogen-bond donors (Lipinski definition) is 0. The van der Waals surface area contributed by atoms with Crippen molar-refractivity contribution in [2.75, 3.05) is 19.8 Å². The van der Waals surface area contributed by atoms with Crippen molar-refractivity contribution in [3.8, 4) is 0 Å². The van der Waals surface area contributed by atoms with Gasteiger partial charge in [-0.25, -0.2) is 0 Å². The smallest absolute Gasteiger partial charge is 0.154 e. The summed E-state index contributed by atoms with van der Waals surface area (Å²) in [7, 11) is 0. The van der Waals surface area contributed by atoms with Crippen LogP contribution in [0.3, 0.4) is 0 Å². The maximum absolute atomic E-state index is 5.39. The molecule has 4 heteroatoms. The summed E-state index contributed by atoms with van der Waals surface area (Å²) in [4.78, 5) is 0. The topological polar surface area (TPSA) is 36.9 Å². The Balaban J connectivity index is 0.000000231. The van der Waals surface area contributed by atoms with Crippen molar-refractivity contribution >= 4 is 0 Å². The number of rotatable bonds is 0. The van der Waals surface area contributed by atoms with Crippen LogP contribution in [0.4, 0.5) is 0 Å². The molecule has 0 aromatic heterocycles. The second-order valence-corrected chi connectivity index (χ2v) is 19.8. The Bertz CT molecular complexity index is 1130. The highest BCUT2D eigenvalue weighted by Gasteiger charge is 2.18. The van der Waals surface area contributed by atoms with E-state index in [0.717, 1.165) is 55.3 Å². The maximum Gasteiger partial charge on any atom is 0.154 e. The summed E-state index contributed by atoms with van der Waals surface area (Å²) in [6.45, 7) is 33.5. The third kappa shape index (κ3) is 24.8. The molecule has 3 heterocycles. The quantitative estimate of drug-likeness (QED) is 0.266. The Hall–Kier alpha value is -1.72. The minimum absolute atomic E-state index is 0.0196. The molecule has 3 aliphatic carbocycles. The van der Waals surface area contributed by atoms with E-state index >= 15 is 0 Å². The Labute approximate surface area is 354 Å². The molecule has 2 aromatic rings. The van der Waals surface area contributed by atoms with E-state index in [1.54, 1.807) is 11.1 Å². The molecule has 2 saturated carbocycles. The summed E-state index contributed by atoms with van der Waals surface area (Å²) in [6, 6.07) is 15.3. The average Bonchev–Trinajstić information content (AvgIpc) is 3.88. The number of fused-ring (bicyclic) bond motifs is 1. The van der Waals surface area contributed by atoms with Crippen LogP contribution in [0.2, 0.25) is 0 Å². The van der Waals surface area contributed by atoms with E-state index in [2.05, 4.69) is 132 Å². The number of benzene rings is 2. The van der Waals surface area contributed by atoms with Crippen LogP contribution < -0.4 is 0 Å². The van der Waals surface area contributed by atoms with Crippen molar-refractivity contribution in [2.24, 2.45) is 41.4 Å². The van der Waals surface area contributed by atoms with Gasteiger partial charge in [-0.05, 0) is 140 Å². The number of hydrogen-bond acceptors (Lipinski definition) is 4. The molecule has 0 radical (unpaired) electrons. The fourth-order valence-electron chi connectivity index (χ4n) is 8.23. The summed E-state index contributed by atoms with van der Waals surface area (Å²) >= 11 is 0. The molecule has 0 spiro atoms. The molecule has 3 aliphatic heterocycles. The molecule has 2 aromatic carbocycles. The van der Waals surface area contributed by atoms with Gasteiger partial charge in [0, 0.05) is 12.5 Å². The van der Waals surface area contributed by atoms with E-state index in [1.165, 1.54) is 100 Å². The van der Waals surface area contributed by atoms with Gasteiger partial charge in [0.05, 0.1) is 31.5 Å². The van der Waals surface area contributed by atoms with Gasteiger partial charge in [-0.3, -0.25) is 0 Å². The molecule has 5 fully saturated rings. The van der Waals surface area contributed by atoms with E-state index in [1.807, 2.05) is 6.92 Å². The van der Waals surface area contributed by atoms with Gasteiger partial charge >= 0.3 is 0 Å². The fraction of sp³-hybridized carbons (Fsp3) is 0.774. The van der Waals surface area contributed by atoms with E-state index in [0.29, 0.717) is 24.2 Å². The highest BCUT2D eigenvalue weighted by atomic mass is 16.7. The second-order valence-electron chi connectivity index (χ2n) is 19.8. The van der Waals surface area contributed by atoms with E-state index in [9.17, 15) is 0 Å². The van der Waals surface area contributed by atoms with Crippen LogP contribution in [0, 0.1) is 62.2 Å². The molecule has 7 atom stereocenters. The first-order valence-electron chi connectivity index (χ1n) is 23.6. The van der Waals surface area contributed by atoms with Gasteiger partial charge in [0.25, 0.3) is 0 Å². The minimum Gasteiger partial charge on any atom is -0.378 e. The van der Waals surface area contributed by atoms with Crippen LogP contribution in [-0.2, 0) is 31.8 Å². The van der Waals surface area contributed by atoms with Crippen molar-refractivity contribution in [3.05, 3.63) is 70.3 Å². The lowest BCUT2D eigenvalue weighted by molar-refractivity contribution is -0.187. The van der Waals surface area contributed by atoms with E-state index in [-0.39, 0.29) is 6.29 Å². The molecule has 0 bridgehead atoms. The lowest BCUT2D eigenvalue weighted by Gasteiger charge is -2.24. The lowest BCUT2D eigenvalue weighted by atomic mass is 9.84. The maximum atomic E-state index is 5.39. The van der Waals surface area contributed by atoms with E-state index < -0.39 is 0 Å². The molecule has 57 heavy (non-hydrogen) atoms. The van der Waals surface area contributed by atoms with Crippen molar-refractivity contribution in [2.45, 2.75) is 205 Å². The van der Waals surface area contributed by atoms with Crippen molar-refractivity contribution in [1.29, 1.82) is 0 Å². The number of ether oxygens (including phenoxy) is 4. The monoisotopic (exact) mass is 793 g/mol. The minimum atomic E-state index is 0.0196. The molecular weight excluding hydrogens is 701 g/mol. The first-order valence-corrected chi connectivity index (χ1v) is 23.6. The highest BCUT2D eigenvalue weighted by molar-refractivity contribution is 5.35. The van der Waals surface area contributed by atoms with Gasteiger partial charge in [-0.2, -0.15) is 0 Å². The molecule has 0 N–H and O–H groups in total. The SMILES string of the molecule is CC1CCC(C)C1.CC1CCC(C)CC1.CC1CCC(C)O1.CC1CCC(C)OC1.CC1COC(C)OC1.Cc1ccc(C)cc1.Cc1ccc2c(c1)CC(C)C2. The molecular formula is C53H92O4. The van der Waals surface area contributed by atoms with Crippen LogP contribution in [-0.4, -0.2) is 44.4 Å². The summed E-state index contributed by atoms with van der Waals surface area (Å²) in [6.07, 6.45) is 19.6. The van der Waals surface area contributed by atoms with Crippen molar-refractivity contribution in [3.63, 3.8) is 0 Å². The predicted octanol–water partition coefficient (Wildman–Crippen LogP) is 14.7. The largest absolute Gasteiger partial charge is 0.378 e. The van der Waals surface area contributed by atoms with Crippen molar-refractivity contribution < 1.29 is 18.9 Å². The normalized spacial score (nSPS) is 32.6. The average molecular weight is 793 g/mol. The summed E-state index contributed by atoms with van der Waals surface area (Å²) in [5.74, 6) is 6.33. The molecule has 328 valence electrons. The van der Waals surface area contributed by atoms with Crippen LogP contribution in [0.25, 0.3) is 0 Å². The Morgan fingerprint density at radius 1 is 0.368 bits per heavy atom. The van der Waals surface area contributed by atoms with Gasteiger partial charge in [0.2, 0.25) is 0 Å². The van der Waals surface area contributed by atoms with Gasteiger partial charge < -0.3 is 18.9 Å². The third-order valence-corrected chi connectivity index (χ3v) is 12.4. The Morgan fingerprint density at radius 3 is 1.14 bits per heavy atom. The molecule has 0 amide bonds. The number of aryl methyl sites for hydroxylation is 3. The summed E-state index contributed by atoms with van der Waals surface area (Å²) in [5.41, 5.74) is 7.21. The second kappa shape index (κ2) is 28.7. The third-order valence-electron chi connectivity index (χ3n) is 12.4. The van der Waals surface area contributed by atoms with Gasteiger partial charge in [-0.1, -0.05) is 146 Å². The zero-order valence-corrected chi connectivity index (χ0v) is 39.8. The summed E-state index contributed by atoms with van der Waals surface area (Å²) < 4.78 is 21.1. The zero-order valence-electron chi connectivity index (χ0n) is 39.8. The molecule has 6 aliphatic rings. The predicted molar refractivity (Wildman–Crippen MR) is 246 cm³/mol. The first kappa shape index (κ1) is 51.4. The first-order chi connectivity index (χ1) is 27.0. The fourth-order valence-corrected chi connectivity index (χ4v) is 8.23. The van der Waals surface area contributed by atoms with Crippen LogP contribution in [0.15, 0.2) is 42.5 Å². The van der Waals surface area contributed by atoms with Gasteiger partial charge in [-0.15, -0.1) is 0 Å². The Kier molecular flexibility index (Phi) is 25.9. The molecule has 3 saturated heterocycles. The van der Waals surface area contributed by atoms with E-state index in [4.69, 9.17) is 18.9 Å². The van der Waals surface area contributed by atoms with Gasteiger partial charge in [0.15, 0.2) is 6.29 Å². The zero-order chi connectivity index (χ0) is 42.3. The van der Waals surface area contributed by atoms with Crippen LogP contribution >= 0.6 is 0 Å².